The van der Waals surface area contributed by atoms with E-state index in [-0.39, 0.29) is 5.91 Å². The van der Waals surface area contributed by atoms with Gasteiger partial charge in [0.05, 0.1) is 7.11 Å². The first-order valence-corrected chi connectivity index (χ1v) is 9.13. The van der Waals surface area contributed by atoms with Gasteiger partial charge in [0.25, 0.3) is 0 Å². The molecule has 0 spiro atoms. The monoisotopic (exact) mass is 341 g/mol. The van der Waals surface area contributed by atoms with Crippen molar-refractivity contribution in [3.8, 4) is 5.75 Å². The van der Waals surface area contributed by atoms with Crippen molar-refractivity contribution in [2.24, 2.45) is 5.92 Å². The first-order chi connectivity index (χ1) is 12.2. The van der Waals surface area contributed by atoms with Gasteiger partial charge < -0.3 is 9.64 Å². The predicted octanol–water partition coefficient (Wildman–Crippen LogP) is 3.15. The summed E-state index contributed by atoms with van der Waals surface area (Å²) in [5.41, 5.74) is 1.31. The number of nitrogens with zero attached hydrogens (tertiary/aromatic N) is 3. The maximum atomic E-state index is 12.5. The van der Waals surface area contributed by atoms with Crippen LogP contribution in [0.25, 0.3) is 0 Å². The molecule has 1 aliphatic rings. The lowest BCUT2D eigenvalue weighted by Crippen LogP contribution is -2.40. The van der Waals surface area contributed by atoms with E-state index in [0.29, 0.717) is 18.9 Å². The molecule has 2 heterocycles. The first-order valence-electron chi connectivity index (χ1n) is 9.13. The van der Waals surface area contributed by atoms with Crippen LogP contribution >= 0.6 is 0 Å². The minimum absolute atomic E-state index is 0.251. The largest absolute Gasteiger partial charge is 0.497 e. The highest BCUT2D eigenvalue weighted by molar-refractivity contribution is 5.76. The molecular formula is C20H27N3O2. The van der Waals surface area contributed by atoms with Gasteiger partial charge in [-0.05, 0) is 55.4 Å². The second-order valence-electron chi connectivity index (χ2n) is 6.76. The fourth-order valence-electron chi connectivity index (χ4n) is 3.53. The van der Waals surface area contributed by atoms with Crippen molar-refractivity contribution in [2.75, 3.05) is 20.2 Å². The van der Waals surface area contributed by atoms with E-state index in [1.54, 1.807) is 13.3 Å². The van der Waals surface area contributed by atoms with Crippen LogP contribution in [-0.2, 0) is 17.8 Å². The summed E-state index contributed by atoms with van der Waals surface area (Å²) >= 11 is 0. The number of carbonyl (C=O) groups is 1. The standard InChI is InChI=1S/C20H27N3O2/c1-25-19-7-2-5-17(15-19)8-9-18-6-3-12-22(16-18)20(24)10-14-23-13-4-11-21-23/h2,4-5,7,11,13,15,18H,3,6,8-10,12,14,16H2,1H3. The summed E-state index contributed by atoms with van der Waals surface area (Å²) in [5, 5.41) is 4.16. The number of hydrogen-bond acceptors (Lipinski definition) is 3. The third-order valence-corrected chi connectivity index (χ3v) is 4.96. The van der Waals surface area contributed by atoms with Crippen LogP contribution in [0.5, 0.6) is 5.75 Å². The summed E-state index contributed by atoms with van der Waals surface area (Å²) in [6.07, 6.45) is 8.67. The van der Waals surface area contributed by atoms with Gasteiger partial charge in [-0.25, -0.2) is 0 Å². The molecule has 0 bridgehead atoms. The van der Waals surface area contributed by atoms with Crippen molar-refractivity contribution in [1.82, 2.24) is 14.7 Å². The molecule has 134 valence electrons. The van der Waals surface area contributed by atoms with Gasteiger partial charge in [-0.1, -0.05) is 12.1 Å². The van der Waals surface area contributed by atoms with Crippen LogP contribution in [0.15, 0.2) is 42.7 Å². The van der Waals surface area contributed by atoms with E-state index in [1.165, 1.54) is 12.0 Å². The Bertz CT molecular complexity index is 669. The lowest BCUT2D eigenvalue weighted by Gasteiger charge is -2.33. The number of likely N-dealkylation sites (tertiary alicyclic amines) is 1. The van der Waals surface area contributed by atoms with Crippen molar-refractivity contribution in [3.05, 3.63) is 48.3 Å². The van der Waals surface area contributed by atoms with Crippen molar-refractivity contribution < 1.29 is 9.53 Å². The zero-order valence-electron chi connectivity index (χ0n) is 14.9. The van der Waals surface area contributed by atoms with Crippen LogP contribution in [0.4, 0.5) is 0 Å². The Balaban J connectivity index is 1.46. The van der Waals surface area contributed by atoms with Crippen molar-refractivity contribution in [2.45, 2.75) is 38.6 Å². The number of amides is 1. The highest BCUT2D eigenvalue weighted by Crippen LogP contribution is 2.23. The SMILES string of the molecule is COc1cccc(CCC2CCCN(C(=O)CCn3cccn3)C2)c1. The minimum Gasteiger partial charge on any atom is -0.497 e. The Kier molecular flexibility index (Phi) is 6.09. The highest BCUT2D eigenvalue weighted by atomic mass is 16.5. The zero-order valence-corrected chi connectivity index (χ0v) is 14.9. The number of aryl methyl sites for hydroxylation is 2. The number of carbonyl (C=O) groups excluding carboxylic acids is 1. The normalized spacial score (nSPS) is 17.5. The fraction of sp³-hybridized carbons (Fsp3) is 0.500. The van der Waals surface area contributed by atoms with Crippen molar-refractivity contribution >= 4 is 5.91 Å². The lowest BCUT2D eigenvalue weighted by atomic mass is 9.91. The summed E-state index contributed by atoms with van der Waals surface area (Å²) in [4.78, 5) is 14.5. The number of ether oxygens (including phenoxy) is 1. The fourth-order valence-corrected chi connectivity index (χ4v) is 3.53. The van der Waals surface area contributed by atoms with Gasteiger partial charge in [-0.2, -0.15) is 5.10 Å². The van der Waals surface area contributed by atoms with E-state index in [1.807, 2.05) is 34.0 Å². The van der Waals surface area contributed by atoms with Crippen LogP contribution in [0.1, 0.15) is 31.2 Å². The second kappa shape index (κ2) is 8.70. The quantitative estimate of drug-likeness (QED) is 0.777. The van der Waals surface area contributed by atoms with Crippen LogP contribution in [0.2, 0.25) is 0 Å². The molecule has 1 fully saturated rings. The van der Waals surface area contributed by atoms with Gasteiger partial charge in [0.2, 0.25) is 5.91 Å². The van der Waals surface area contributed by atoms with E-state index in [4.69, 9.17) is 4.74 Å². The minimum atomic E-state index is 0.251. The summed E-state index contributed by atoms with van der Waals surface area (Å²) in [6, 6.07) is 10.2. The van der Waals surface area contributed by atoms with Gasteiger partial charge >= 0.3 is 0 Å². The number of benzene rings is 1. The Morgan fingerprint density at radius 3 is 3.08 bits per heavy atom. The molecule has 1 aliphatic heterocycles. The van der Waals surface area contributed by atoms with Gasteiger partial charge in [-0.3, -0.25) is 9.48 Å². The molecule has 3 rings (SSSR count). The molecule has 1 aromatic heterocycles. The smallest absolute Gasteiger partial charge is 0.224 e. The van der Waals surface area contributed by atoms with E-state index in [0.717, 1.165) is 38.1 Å². The Labute approximate surface area is 149 Å². The maximum absolute atomic E-state index is 12.5. The number of aromatic nitrogens is 2. The third-order valence-electron chi connectivity index (χ3n) is 4.96. The Morgan fingerprint density at radius 1 is 1.36 bits per heavy atom. The molecule has 0 aliphatic carbocycles. The van der Waals surface area contributed by atoms with E-state index in [2.05, 4.69) is 17.2 Å². The van der Waals surface area contributed by atoms with E-state index >= 15 is 0 Å². The molecule has 0 radical (unpaired) electrons. The molecule has 1 atom stereocenters. The first kappa shape index (κ1) is 17.5. The van der Waals surface area contributed by atoms with Crippen LogP contribution in [-0.4, -0.2) is 40.8 Å². The molecule has 1 amide bonds. The molecule has 1 aromatic carbocycles. The summed E-state index contributed by atoms with van der Waals surface area (Å²) in [7, 11) is 1.70. The molecule has 2 aromatic rings. The summed E-state index contributed by atoms with van der Waals surface area (Å²) in [6.45, 7) is 2.45. The summed E-state index contributed by atoms with van der Waals surface area (Å²) in [5.74, 6) is 1.76. The van der Waals surface area contributed by atoms with Crippen molar-refractivity contribution in [3.63, 3.8) is 0 Å². The van der Waals surface area contributed by atoms with Crippen LogP contribution in [0.3, 0.4) is 0 Å². The Hall–Kier alpha value is -2.30. The van der Waals surface area contributed by atoms with E-state index in [9.17, 15) is 4.79 Å². The van der Waals surface area contributed by atoms with E-state index < -0.39 is 0 Å². The maximum Gasteiger partial charge on any atom is 0.224 e. The number of methoxy groups -OCH3 is 1. The van der Waals surface area contributed by atoms with Gasteiger partial charge in [0.15, 0.2) is 0 Å². The second-order valence-corrected chi connectivity index (χ2v) is 6.76. The predicted molar refractivity (Wildman–Crippen MR) is 97.5 cm³/mol. The lowest BCUT2D eigenvalue weighted by molar-refractivity contribution is -0.133. The molecule has 0 N–H and O–H groups in total. The molecule has 5 nitrogen and oxygen atoms in total. The van der Waals surface area contributed by atoms with Gasteiger partial charge in [-0.15, -0.1) is 0 Å². The number of rotatable bonds is 7. The van der Waals surface area contributed by atoms with Crippen molar-refractivity contribution in [1.29, 1.82) is 0 Å². The molecule has 25 heavy (non-hydrogen) atoms. The molecular weight excluding hydrogens is 314 g/mol. The molecule has 1 unspecified atom stereocenters. The topological polar surface area (TPSA) is 47.4 Å². The average Bonchev–Trinajstić information content (AvgIpc) is 3.18. The third kappa shape index (κ3) is 5.08. The highest BCUT2D eigenvalue weighted by Gasteiger charge is 2.23. The average molecular weight is 341 g/mol. The van der Waals surface area contributed by atoms with Gasteiger partial charge in [0.1, 0.15) is 5.75 Å². The molecule has 0 saturated carbocycles. The zero-order chi connectivity index (χ0) is 17.5. The molecule has 5 heteroatoms. The van der Waals surface area contributed by atoms with Gasteiger partial charge in [0, 0.05) is 38.4 Å². The summed E-state index contributed by atoms with van der Waals surface area (Å²) < 4.78 is 7.11. The number of piperidine rings is 1. The Morgan fingerprint density at radius 2 is 2.28 bits per heavy atom. The van der Waals surface area contributed by atoms with Crippen LogP contribution < -0.4 is 4.74 Å². The number of hydrogen-bond donors (Lipinski definition) is 0. The molecule has 1 saturated heterocycles. The van der Waals surface area contributed by atoms with Crippen LogP contribution in [0, 0.1) is 5.92 Å².